The summed E-state index contributed by atoms with van der Waals surface area (Å²) < 4.78 is 0. The number of aromatic nitrogens is 2. The number of piperazine rings is 1. The van der Waals surface area contributed by atoms with Crippen LogP contribution in [0.25, 0.3) is 11.3 Å². The van der Waals surface area contributed by atoms with Crippen LogP contribution in [0.15, 0.2) is 23.0 Å². The highest BCUT2D eigenvalue weighted by Gasteiger charge is 2.27. The number of carbonyl (C=O) groups excluding carboxylic acids is 1. The van der Waals surface area contributed by atoms with Crippen LogP contribution < -0.4 is 0 Å². The summed E-state index contributed by atoms with van der Waals surface area (Å²) in [4.78, 5) is 20.0. The zero-order valence-corrected chi connectivity index (χ0v) is 16.2. The Labute approximate surface area is 158 Å². The van der Waals surface area contributed by atoms with Crippen molar-refractivity contribution in [3.63, 3.8) is 0 Å². The summed E-state index contributed by atoms with van der Waals surface area (Å²) in [5, 5.41) is 11.2. The Hall–Kier alpha value is -1.70. The Morgan fingerprint density at radius 3 is 2.69 bits per heavy atom. The maximum atomic E-state index is 13.0. The summed E-state index contributed by atoms with van der Waals surface area (Å²) in [5.41, 5.74) is 2.58. The lowest BCUT2D eigenvalue weighted by atomic mass is 9.95. The quantitative estimate of drug-likeness (QED) is 0.893. The number of rotatable bonds is 4. The Balaban J connectivity index is 1.32. The molecule has 0 radical (unpaired) electrons. The molecule has 0 bridgehead atoms. The molecule has 7 heteroatoms. The van der Waals surface area contributed by atoms with Crippen molar-refractivity contribution >= 4 is 17.2 Å². The van der Waals surface area contributed by atoms with Crippen LogP contribution in [-0.2, 0) is 0 Å². The molecule has 6 nitrogen and oxygen atoms in total. The SMILES string of the molecule is CN1CCN(CC2CCN(C(=O)c3cn[nH]c3-c3ccsc3)CC2)CC1. The summed E-state index contributed by atoms with van der Waals surface area (Å²) >= 11 is 1.63. The van der Waals surface area contributed by atoms with Gasteiger partial charge in [0.1, 0.15) is 0 Å². The van der Waals surface area contributed by atoms with Gasteiger partial charge in [-0.3, -0.25) is 9.89 Å². The number of likely N-dealkylation sites (N-methyl/N-ethyl adjacent to an activating group) is 1. The monoisotopic (exact) mass is 373 g/mol. The van der Waals surface area contributed by atoms with Crippen molar-refractivity contribution in [2.24, 2.45) is 5.92 Å². The lowest BCUT2D eigenvalue weighted by molar-refractivity contribution is 0.0644. The average Bonchev–Trinajstić information content (AvgIpc) is 3.35. The van der Waals surface area contributed by atoms with E-state index in [1.807, 2.05) is 21.7 Å². The van der Waals surface area contributed by atoms with E-state index in [4.69, 9.17) is 0 Å². The first-order valence-corrected chi connectivity index (χ1v) is 10.4. The molecule has 2 aliphatic heterocycles. The molecular formula is C19H27N5OS. The number of amides is 1. The van der Waals surface area contributed by atoms with Crippen molar-refractivity contribution in [1.29, 1.82) is 0 Å². The molecule has 0 atom stereocenters. The normalized spacial score (nSPS) is 20.6. The smallest absolute Gasteiger partial charge is 0.257 e. The van der Waals surface area contributed by atoms with E-state index < -0.39 is 0 Å². The molecule has 1 amide bonds. The number of hydrogen-bond acceptors (Lipinski definition) is 5. The fourth-order valence-corrected chi connectivity index (χ4v) is 4.61. The number of hydrogen-bond donors (Lipinski definition) is 1. The number of piperidine rings is 1. The highest BCUT2D eigenvalue weighted by Crippen LogP contribution is 2.26. The van der Waals surface area contributed by atoms with Crippen molar-refractivity contribution in [1.82, 2.24) is 24.9 Å². The van der Waals surface area contributed by atoms with E-state index in [2.05, 4.69) is 27.0 Å². The van der Waals surface area contributed by atoms with E-state index in [1.165, 1.54) is 32.7 Å². The minimum absolute atomic E-state index is 0.109. The Kier molecular flexibility index (Phi) is 5.38. The molecule has 2 aromatic rings. The average molecular weight is 374 g/mol. The number of H-pyrrole nitrogens is 1. The molecule has 140 valence electrons. The van der Waals surface area contributed by atoms with Gasteiger partial charge in [-0.1, -0.05) is 0 Å². The number of nitrogens with zero attached hydrogens (tertiary/aromatic N) is 4. The summed E-state index contributed by atoms with van der Waals surface area (Å²) in [6.45, 7) is 7.58. The molecule has 2 aliphatic rings. The van der Waals surface area contributed by atoms with Crippen LogP contribution in [0.3, 0.4) is 0 Å². The number of carbonyl (C=O) groups is 1. The van der Waals surface area contributed by atoms with E-state index in [0.717, 1.165) is 37.2 Å². The van der Waals surface area contributed by atoms with Crippen LogP contribution in [-0.4, -0.2) is 83.7 Å². The number of likely N-dealkylation sites (tertiary alicyclic amines) is 1. The van der Waals surface area contributed by atoms with Crippen molar-refractivity contribution in [3.8, 4) is 11.3 Å². The minimum Gasteiger partial charge on any atom is -0.339 e. The van der Waals surface area contributed by atoms with Gasteiger partial charge in [0.05, 0.1) is 17.5 Å². The zero-order chi connectivity index (χ0) is 17.9. The zero-order valence-electron chi connectivity index (χ0n) is 15.4. The predicted octanol–water partition coefficient (Wildman–Crippen LogP) is 2.24. The van der Waals surface area contributed by atoms with Crippen LogP contribution in [0.2, 0.25) is 0 Å². The Morgan fingerprint density at radius 2 is 2.00 bits per heavy atom. The number of nitrogens with one attached hydrogen (secondary N) is 1. The maximum Gasteiger partial charge on any atom is 0.257 e. The highest BCUT2D eigenvalue weighted by molar-refractivity contribution is 7.08. The second kappa shape index (κ2) is 7.90. The molecule has 0 unspecified atom stereocenters. The largest absolute Gasteiger partial charge is 0.339 e. The first kappa shape index (κ1) is 17.7. The minimum atomic E-state index is 0.109. The molecule has 26 heavy (non-hydrogen) atoms. The van der Waals surface area contributed by atoms with Gasteiger partial charge in [0, 0.05) is 56.8 Å². The van der Waals surface area contributed by atoms with E-state index in [0.29, 0.717) is 11.5 Å². The van der Waals surface area contributed by atoms with Gasteiger partial charge in [0.15, 0.2) is 0 Å². The molecule has 0 aromatic carbocycles. The predicted molar refractivity (Wildman–Crippen MR) is 104 cm³/mol. The number of thiophene rings is 1. The molecular weight excluding hydrogens is 346 g/mol. The van der Waals surface area contributed by atoms with Crippen LogP contribution in [0.4, 0.5) is 0 Å². The molecule has 0 aliphatic carbocycles. The third-order valence-corrected chi connectivity index (χ3v) is 6.38. The van der Waals surface area contributed by atoms with Gasteiger partial charge in [-0.25, -0.2) is 0 Å². The molecule has 2 aromatic heterocycles. The fraction of sp³-hybridized carbons (Fsp3) is 0.579. The molecule has 1 N–H and O–H groups in total. The lowest BCUT2D eigenvalue weighted by Crippen LogP contribution is -2.48. The summed E-state index contributed by atoms with van der Waals surface area (Å²) in [6, 6.07) is 2.03. The van der Waals surface area contributed by atoms with Crippen LogP contribution >= 0.6 is 11.3 Å². The van der Waals surface area contributed by atoms with Gasteiger partial charge < -0.3 is 14.7 Å². The third-order valence-electron chi connectivity index (χ3n) is 5.69. The van der Waals surface area contributed by atoms with Crippen LogP contribution in [0, 0.1) is 5.92 Å². The Morgan fingerprint density at radius 1 is 1.23 bits per heavy atom. The van der Waals surface area contributed by atoms with Crippen molar-refractivity contribution in [2.45, 2.75) is 12.8 Å². The van der Waals surface area contributed by atoms with Crippen LogP contribution in [0.5, 0.6) is 0 Å². The molecule has 2 fully saturated rings. The first-order valence-electron chi connectivity index (χ1n) is 9.47. The molecule has 4 heterocycles. The number of aromatic amines is 1. The van der Waals surface area contributed by atoms with Crippen molar-refractivity contribution in [3.05, 3.63) is 28.6 Å². The fourth-order valence-electron chi connectivity index (χ4n) is 3.96. The van der Waals surface area contributed by atoms with Crippen LogP contribution in [0.1, 0.15) is 23.2 Å². The van der Waals surface area contributed by atoms with Gasteiger partial charge in [0.25, 0.3) is 5.91 Å². The van der Waals surface area contributed by atoms with Gasteiger partial charge in [0.2, 0.25) is 0 Å². The summed E-state index contributed by atoms with van der Waals surface area (Å²) in [6.07, 6.45) is 3.87. The standard InChI is InChI=1S/C19H27N5OS/c1-22-7-9-23(10-8-22)13-15-2-5-24(6-3-15)19(25)17-12-20-21-18(17)16-4-11-26-14-16/h4,11-12,14-15H,2-3,5-10,13H2,1H3,(H,20,21). The molecule has 4 rings (SSSR count). The van der Waals surface area contributed by atoms with Gasteiger partial charge in [-0.05, 0) is 37.3 Å². The third kappa shape index (κ3) is 3.84. The molecule has 0 saturated carbocycles. The van der Waals surface area contributed by atoms with E-state index in [-0.39, 0.29) is 5.91 Å². The Bertz CT molecular complexity index is 712. The molecule has 2 saturated heterocycles. The maximum absolute atomic E-state index is 13.0. The van der Waals surface area contributed by atoms with Crippen molar-refractivity contribution in [2.75, 3.05) is 52.9 Å². The summed E-state index contributed by atoms with van der Waals surface area (Å²) in [5.74, 6) is 0.821. The van der Waals surface area contributed by atoms with Gasteiger partial charge in [-0.2, -0.15) is 16.4 Å². The summed E-state index contributed by atoms with van der Waals surface area (Å²) in [7, 11) is 2.20. The second-order valence-corrected chi connectivity index (χ2v) is 8.29. The highest BCUT2D eigenvalue weighted by atomic mass is 32.1. The first-order chi connectivity index (χ1) is 12.7. The van der Waals surface area contributed by atoms with Gasteiger partial charge >= 0.3 is 0 Å². The molecule has 0 spiro atoms. The van der Waals surface area contributed by atoms with E-state index in [1.54, 1.807) is 17.5 Å². The van der Waals surface area contributed by atoms with Gasteiger partial charge in [-0.15, -0.1) is 0 Å². The topological polar surface area (TPSA) is 55.5 Å². The van der Waals surface area contributed by atoms with E-state index in [9.17, 15) is 4.79 Å². The second-order valence-electron chi connectivity index (χ2n) is 7.51. The lowest BCUT2D eigenvalue weighted by Gasteiger charge is -2.38. The van der Waals surface area contributed by atoms with Crippen molar-refractivity contribution < 1.29 is 4.79 Å². The van der Waals surface area contributed by atoms with E-state index >= 15 is 0 Å².